The number of piperidine rings is 1. The van der Waals surface area contributed by atoms with E-state index in [4.69, 9.17) is 0 Å². The van der Waals surface area contributed by atoms with Crippen molar-refractivity contribution in [2.45, 2.75) is 59.0 Å². The van der Waals surface area contributed by atoms with Crippen LogP contribution < -0.4 is 15.5 Å². The molecule has 7 heteroatoms. The van der Waals surface area contributed by atoms with E-state index in [1.165, 1.54) is 30.6 Å². The molecule has 0 unspecified atom stereocenters. The van der Waals surface area contributed by atoms with Gasteiger partial charge < -0.3 is 10.2 Å². The molecule has 0 bridgehead atoms. The molecule has 0 radical (unpaired) electrons. The van der Waals surface area contributed by atoms with Gasteiger partial charge >= 0.3 is 6.03 Å². The lowest BCUT2D eigenvalue weighted by molar-refractivity contribution is 0.262. The number of amides is 2. The number of benzene rings is 1. The molecule has 3 rings (SSSR count). The lowest BCUT2D eigenvalue weighted by atomic mass is 9.98. The molecular weight excluding hydrogens is 334 g/mol. The Hall–Kier alpha value is -2.15. The van der Waals surface area contributed by atoms with Gasteiger partial charge in [-0.3, -0.25) is 5.32 Å². The number of urea groups is 1. The summed E-state index contributed by atoms with van der Waals surface area (Å²) < 4.78 is 0. The zero-order valence-corrected chi connectivity index (χ0v) is 16.0. The third kappa shape index (κ3) is 4.10. The van der Waals surface area contributed by atoms with Crippen molar-refractivity contribution in [3.8, 4) is 0 Å². The first-order chi connectivity index (χ1) is 11.9. The van der Waals surface area contributed by atoms with Gasteiger partial charge in [0, 0.05) is 17.8 Å². The first kappa shape index (κ1) is 17.7. The fraction of sp³-hybridized carbons (Fsp3) is 0.500. The molecule has 1 aromatic heterocycles. The van der Waals surface area contributed by atoms with Crippen LogP contribution >= 0.6 is 11.3 Å². The molecule has 1 aromatic carbocycles. The summed E-state index contributed by atoms with van der Waals surface area (Å²) in [5.74, 6) is 0. The van der Waals surface area contributed by atoms with E-state index in [9.17, 15) is 4.79 Å². The Balaban J connectivity index is 1.66. The van der Waals surface area contributed by atoms with Crippen molar-refractivity contribution in [3.63, 3.8) is 0 Å². The van der Waals surface area contributed by atoms with Gasteiger partial charge in [0.25, 0.3) is 0 Å². The summed E-state index contributed by atoms with van der Waals surface area (Å²) in [6.07, 6.45) is 3.58. The number of carbonyl (C=O) groups is 1. The number of carbonyl (C=O) groups excluding carboxylic acids is 1. The van der Waals surface area contributed by atoms with E-state index in [-0.39, 0.29) is 6.03 Å². The van der Waals surface area contributed by atoms with Gasteiger partial charge in [-0.25, -0.2) is 4.79 Å². The van der Waals surface area contributed by atoms with Gasteiger partial charge in [0.15, 0.2) is 0 Å². The monoisotopic (exact) mass is 359 g/mol. The quantitative estimate of drug-likeness (QED) is 0.842. The van der Waals surface area contributed by atoms with Crippen molar-refractivity contribution in [3.05, 3.63) is 29.3 Å². The highest BCUT2D eigenvalue weighted by atomic mass is 32.1. The van der Waals surface area contributed by atoms with E-state index >= 15 is 0 Å². The number of nitrogens with one attached hydrogen (secondary N) is 2. The van der Waals surface area contributed by atoms with Gasteiger partial charge in [-0.15, -0.1) is 10.2 Å². The minimum atomic E-state index is -0.295. The van der Waals surface area contributed by atoms with Crippen LogP contribution in [0.1, 0.15) is 44.2 Å². The first-order valence-electron chi connectivity index (χ1n) is 8.71. The normalized spacial score (nSPS) is 20.4. The van der Waals surface area contributed by atoms with Gasteiger partial charge in [0.1, 0.15) is 0 Å². The van der Waals surface area contributed by atoms with Crippen LogP contribution in [0, 0.1) is 13.8 Å². The van der Waals surface area contributed by atoms with Crippen LogP contribution in [0.4, 0.5) is 20.7 Å². The lowest BCUT2D eigenvalue weighted by Crippen LogP contribution is -2.43. The van der Waals surface area contributed by atoms with Gasteiger partial charge in [0.2, 0.25) is 10.3 Å². The number of hydrogen-bond acceptors (Lipinski definition) is 5. The number of nitrogens with zero attached hydrogens (tertiary/aromatic N) is 3. The Morgan fingerprint density at radius 2 is 1.88 bits per heavy atom. The molecule has 2 atom stereocenters. The molecule has 1 saturated heterocycles. The predicted molar refractivity (Wildman–Crippen MR) is 104 cm³/mol. The topological polar surface area (TPSA) is 70.1 Å². The SMILES string of the molecule is Cc1ccc(C)c(NC(=O)Nc2nnc(N3[C@H](C)CCC[C@H]3C)s2)c1. The number of hydrogen-bond donors (Lipinski definition) is 2. The van der Waals surface area contributed by atoms with Crippen LogP contribution in [0.5, 0.6) is 0 Å². The van der Waals surface area contributed by atoms with Crippen molar-refractivity contribution in [1.29, 1.82) is 0 Å². The summed E-state index contributed by atoms with van der Waals surface area (Å²) in [6, 6.07) is 6.58. The standard InChI is InChI=1S/C18H25N5OS/c1-11-8-9-12(2)15(10-11)19-16(24)20-17-21-22-18(25-17)23-13(3)6-5-7-14(23)4/h8-10,13-14H,5-7H2,1-4H3,(H2,19,20,21,24)/t13-,14-/m1/s1. The molecule has 6 nitrogen and oxygen atoms in total. The molecule has 2 heterocycles. The van der Waals surface area contributed by atoms with Crippen molar-refractivity contribution in [2.75, 3.05) is 15.5 Å². The van der Waals surface area contributed by atoms with Gasteiger partial charge in [-0.05, 0) is 64.2 Å². The Labute approximate surface area is 152 Å². The van der Waals surface area contributed by atoms with E-state index in [0.29, 0.717) is 17.2 Å². The fourth-order valence-electron chi connectivity index (χ4n) is 3.29. The largest absolute Gasteiger partial charge is 0.341 e. The molecule has 1 fully saturated rings. The molecule has 2 aromatic rings. The smallest absolute Gasteiger partial charge is 0.325 e. The molecule has 1 aliphatic heterocycles. The predicted octanol–water partition coefficient (Wildman–Crippen LogP) is 4.57. The van der Waals surface area contributed by atoms with Crippen molar-refractivity contribution in [2.24, 2.45) is 0 Å². The number of aryl methyl sites for hydroxylation is 2. The second-order valence-electron chi connectivity index (χ2n) is 6.82. The van der Waals surface area contributed by atoms with E-state index < -0.39 is 0 Å². The second kappa shape index (κ2) is 7.39. The van der Waals surface area contributed by atoms with Crippen molar-refractivity contribution < 1.29 is 4.79 Å². The molecular formula is C18H25N5OS. The van der Waals surface area contributed by atoms with Gasteiger partial charge in [-0.1, -0.05) is 23.5 Å². The highest BCUT2D eigenvalue weighted by Crippen LogP contribution is 2.32. The van der Waals surface area contributed by atoms with Gasteiger partial charge in [-0.2, -0.15) is 0 Å². The zero-order chi connectivity index (χ0) is 18.0. The summed E-state index contributed by atoms with van der Waals surface area (Å²) in [6.45, 7) is 8.41. The molecule has 1 aliphatic rings. The highest BCUT2D eigenvalue weighted by molar-refractivity contribution is 7.19. The Bertz CT molecular complexity index is 750. The minimum absolute atomic E-state index is 0.295. The third-order valence-electron chi connectivity index (χ3n) is 4.69. The number of rotatable bonds is 3. The van der Waals surface area contributed by atoms with E-state index in [0.717, 1.165) is 21.9 Å². The lowest BCUT2D eigenvalue weighted by Gasteiger charge is -2.38. The van der Waals surface area contributed by atoms with Crippen LogP contribution in [-0.2, 0) is 0 Å². The summed E-state index contributed by atoms with van der Waals surface area (Å²) in [7, 11) is 0. The van der Waals surface area contributed by atoms with Gasteiger partial charge in [0.05, 0.1) is 0 Å². The Morgan fingerprint density at radius 3 is 2.60 bits per heavy atom. The molecule has 0 saturated carbocycles. The van der Waals surface area contributed by atoms with Crippen LogP contribution in [-0.4, -0.2) is 28.3 Å². The van der Waals surface area contributed by atoms with E-state index in [1.807, 2.05) is 32.0 Å². The summed E-state index contributed by atoms with van der Waals surface area (Å²) in [5, 5.41) is 15.5. The van der Waals surface area contributed by atoms with Crippen LogP contribution in [0.3, 0.4) is 0 Å². The molecule has 2 amide bonds. The Kier molecular flexibility index (Phi) is 5.22. The minimum Gasteiger partial charge on any atom is -0.341 e. The molecule has 134 valence electrons. The van der Waals surface area contributed by atoms with E-state index in [2.05, 4.69) is 39.6 Å². The summed E-state index contributed by atoms with van der Waals surface area (Å²) in [5.41, 5.74) is 2.93. The maximum atomic E-state index is 12.3. The number of aromatic nitrogens is 2. The summed E-state index contributed by atoms with van der Waals surface area (Å²) >= 11 is 1.42. The molecule has 0 spiro atoms. The maximum absolute atomic E-state index is 12.3. The molecule has 25 heavy (non-hydrogen) atoms. The van der Waals surface area contributed by atoms with E-state index in [1.54, 1.807) is 0 Å². The van der Waals surface area contributed by atoms with Crippen LogP contribution in [0.15, 0.2) is 18.2 Å². The fourth-order valence-corrected chi connectivity index (χ4v) is 4.24. The first-order valence-corrected chi connectivity index (χ1v) is 9.53. The maximum Gasteiger partial charge on any atom is 0.325 e. The van der Waals surface area contributed by atoms with Crippen LogP contribution in [0.25, 0.3) is 0 Å². The average Bonchev–Trinajstić information content (AvgIpc) is 2.98. The second-order valence-corrected chi connectivity index (χ2v) is 7.78. The molecule has 2 N–H and O–H groups in total. The third-order valence-corrected chi connectivity index (χ3v) is 5.54. The van der Waals surface area contributed by atoms with Crippen molar-refractivity contribution >= 4 is 33.3 Å². The highest BCUT2D eigenvalue weighted by Gasteiger charge is 2.27. The van der Waals surface area contributed by atoms with Crippen molar-refractivity contribution in [1.82, 2.24) is 10.2 Å². The molecule has 0 aliphatic carbocycles. The Morgan fingerprint density at radius 1 is 1.16 bits per heavy atom. The number of anilines is 3. The van der Waals surface area contributed by atoms with Crippen LogP contribution in [0.2, 0.25) is 0 Å². The summed E-state index contributed by atoms with van der Waals surface area (Å²) in [4.78, 5) is 14.6. The average molecular weight is 359 g/mol. The zero-order valence-electron chi connectivity index (χ0n) is 15.2.